The number of primary sulfonamides is 1. The first-order valence-electron chi connectivity index (χ1n) is 5.05. The lowest BCUT2D eigenvalue weighted by molar-refractivity contribution is 0.598. The molecule has 0 saturated heterocycles. The predicted octanol–water partition coefficient (Wildman–Crippen LogP) is 1.02. The van der Waals surface area contributed by atoms with Crippen LogP contribution in [0.25, 0.3) is 11.0 Å². The lowest BCUT2D eigenvalue weighted by Crippen LogP contribution is -2.11. The number of aromatic nitrogens is 2. The summed E-state index contributed by atoms with van der Waals surface area (Å²) in [4.78, 5) is 4.31. The summed E-state index contributed by atoms with van der Waals surface area (Å²) in [6.45, 7) is 0. The van der Waals surface area contributed by atoms with Gasteiger partial charge < -0.3 is 4.57 Å². The van der Waals surface area contributed by atoms with E-state index in [2.05, 4.69) is 9.55 Å². The molecule has 1 aromatic carbocycles. The van der Waals surface area contributed by atoms with Crippen LogP contribution in [0.4, 0.5) is 0 Å². The molecule has 1 aromatic heterocycles. The highest BCUT2D eigenvalue weighted by Crippen LogP contribution is 2.37. The number of rotatable bonds is 2. The van der Waals surface area contributed by atoms with E-state index in [4.69, 9.17) is 5.14 Å². The van der Waals surface area contributed by atoms with Crippen LogP contribution in [0.5, 0.6) is 0 Å². The van der Waals surface area contributed by atoms with Gasteiger partial charge in [-0.2, -0.15) is 0 Å². The van der Waals surface area contributed by atoms with Crippen molar-refractivity contribution >= 4 is 21.1 Å². The molecular weight excluding hydrogens is 226 g/mol. The Hall–Kier alpha value is -1.40. The second-order valence-corrected chi connectivity index (χ2v) is 5.64. The Morgan fingerprint density at radius 1 is 1.38 bits per heavy atom. The van der Waals surface area contributed by atoms with Crippen molar-refractivity contribution in [3.8, 4) is 0 Å². The SMILES string of the molecule is NS(=O)(=O)c1ccc2c(c1)ncn2C1CC1. The summed E-state index contributed by atoms with van der Waals surface area (Å²) < 4.78 is 24.4. The van der Waals surface area contributed by atoms with Crippen LogP contribution >= 0.6 is 0 Å². The van der Waals surface area contributed by atoms with Crippen LogP contribution < -0.4 is 5.14 Å². The van der Waals surface area contributed by atoms with Gasteiger partial charge in [0.2, 0.25) is 10.0 Å². The van der Waals surface area contributed by atoms with Gasteiger partial charge in [0, 0.05) is 6.04 Å². The molecule has 0 amide bonds. The van der Waals surface area contributed by atoms with Crippen LogP contribution in [0.15, 0.2) is 29.4 Å². The van der Waals surface area contributed by atoms with Crippen molar-refractivity contribution in [1.82, 2.24) is 9.55 Å². The molecule has 0 radical (unpaired) electrons. The van der Waals surface area contributed by atoms with Crippen LogP contribution in [0, 0.1) is 0 Å². The molecule has 0 spiro atoms. The summed E-state index contributed by atoms with van der Waals surface area (Å²) in [5.41, 5.74) is 1.65. The monoisotopic (exact) mass is 237 g/mol. The Morgan fingerprint density at radius 2 is 2.12 bits per heavy atom. The maximum Gasteiger partial charge on any atom is 0.238 e. The molecule has 1 heterocycles. The van der Waals surface area contributed by atoms with Gasteiger partial charge in [-0.1, -0.05) is 0 Å². The van der Waals surface area contributed by atoms with Gasteiger partial charge in [-0.15, -0.1) is 0 Å². The number of imidazole rings is 1. The van der Waals surface area contributed by atoms with Gasteiger partial charge in [0.05, 0.1) is 22.3 Å². The molecule has 0 aliphatic heterocycles. The third kappa shape index (κ3) is 1.50. The Labute approximate surface area is 92.9 Å². The zero-order valence-corrected chi connectivity index (χ0v) is 9.31. The fourth-order valence-electron chi connectivity index (χ4n) is 1.83. The topological polar surface area (TPSA) is 78.0 Å². The normalized spacial score (nSPS) is 16.8. The summed E-state index contributed by atoms with van der Waals surface area (Å²) in [6, 6.07) is 5.34. The molecule has 1 saturated carbocycles. The van der Waals surface area contributed by atoms with Crippen molar-refractivity contribution in [2.75, 3.05) is 0 Å². The zero-order chi connectivity index (χ0) is 11.3. The van der Waals surface area contributed by atoms with E-state index in [9.17, 15) is 8.42 Å². The van der Waals surface area contributed by atoms with Crippen molar-refractivity contribution in [2.24, 2.45) is 5.14 Å². The highest BCUT2D eigenvalue weighted by Gasteiger charge is 2.25. The fourth-order valence-corrected chi connectivity index (χ4v) is 2.37. The van der Waals surface area contributed by atoms with Gasteiger partial charge in [-0.3, -0.25) is 0 Å². The molecule has 3 rings (SSSR count). The molecule has 1 aliphatic carbocycles. The highest BCUT2D eigenvalue weighted by atomic mass is 32.2. The van der Waals surface area contributed by atoms with Crippen molar-refractivity contribution in [3.05, 3.63) is 24.5 Å². The van der Waals surface area contributed by atoms with Gasteiger partial charge in [0.25, 0.3) is 0 Å². The van der Waals surface area contributed by atoms with Crippen LogP contribution in [-0.2, 0) is 10.0 Å². The summed E-state index contributed by atoms with van der Waals surface area (Å²) in [5.74, 6) is 0. The minimum Gasteiger partial charge on any atom is -0.327 e. The molecule has 2 aromatic rings. The molecule has 0 bridgehead atoms. The minimum atomic E-state index is -3.64. The molecule has 6 heteroatoms. The number of fused-ring (bicyclic) bond motifs is 1. The maximum absolute atomic E-state index is 11.2. The quantitative estimate of drug-likeness (QED) is 0.847. The average molecular weight is 237 g/mol. The molecule has 1 fully saturated rings. The number of hydrogen-bond donors (Lipinski definition) is 1. The maximum atomic E-state index is 11.2. The molecule has 2 N–H and O–H groups in total. The van der Waals surface area contributed by atoms with Gasteiger partial charge in [-0.25, -0.2) is 18.5 Å². The van der Waals surface area contributed by atoms with E-state index in [0.717, 1.165) is 5.52 Å². The largest absolute Gasteiger partial charge is 0.327 e. The van der Waals surface area contributed by atoms with Gasteiger partial charge >= 0.3 is 0 Å². The van der Waals surface area contributed by atoms with E-state index in [-0.39, 0.29) is 4.90 Å². The standard InChI is InChI=1S/C10H11N3O2S/c11-16(14,15)8-3-4-10-9(5-8)12-6-13(10)7-1-2-7/h3-7H,1-2H2,(H2,11,14,15). The zero-order valence-electron chi connectivity index (χ0n) is 8.50. The second kappa shape index (κ2) is 3.05. The van der Waals surface area contributed by atoms with Crippen LogP contribution in [0.3, 0.4) is 0 Å². The highest BCUT2D eigenvalue weighted by molar-refractivity contribution is 7.89. The third-order valence-electron chi connectivity index (χ3n) is 2.82. The lowest BCUT2D eigenvalue weighted by atomic mass is 10.3. The summed E-state index contributed by atoms with van der Waals surface area (Å²) in [5, 5.41) is 5.06. The first kappa shape index (κ1) is 9.80. The van der Waals surface area contributed by atoms with E-state index in [1.54, 1.807) is 12.4 Å². The summed E-state index contributed by atoms with van der Waals surface area (Å²) in [7, 11) is -3.64. The molecule has 0 atom stereocenters. The molecule has 1 aliphatic rings. The third-order valence-corrected chi connectivity index (χ3v) is 3.73. The number of sulfonamides is 1. The molecule has 0 unspecified atom stereocenters. The van der Waals surface area contributed by atoms with E-state index in [0.29, 0.717) is 11.6 Å². The predicted molar refractivity (Wildman–Crippen MR) is 59.4 cm³/mol. The Kier molecular flexibility index (Phi) is 1.87. The van der Waals surface area contributed by atoms with E-state index in [1.807, 2.05) is 0 Å². The minimum absolute atomic E-state index is 0.112. The second-order valence-electron chi connectivity index (χ2n) is 4.08. The summed E-state index contributed by atoms with van der Waals surface area (Å²) >= 11 is 0. The van der Waals surface area contributed by atoms with Crippen molar-refractivity contribution in [2.45, 2.75) is 23.8 Å². The molecule has 5 nitrogen and oxygen atoms in total. The first-order valence-corrected chi connectivity index (χ1v) is 6.60. The molecular formula is C10H11N3O2S. The van der Waals surface area contributed by atoms with Gasteiger partial charge in [0.15, 0.2) is 0 Å². The van der Waals surface area contributed by atoms with Gasteiger partial charge in [-0.05, 0) is 31.0 Å². The number of hydrogen-bond acceptors (Lipinski definition) is 3. The van der Waals surface area contributed by atoms with E-state index < -0.39 is 10.0 Å². The number of benzene rings is 1. The van der Waals surface area contributed by atoms with Crippen LogP contribution in [0.2, 0.25) is 0 Å². The molecule has 84 valence electrons. The smallest absolute Gasteiger partial charge is 0.238 e. The van der Waals surface area contributed by atoms with Crippen molar-refractivity contribution < 1.29 is 8.42 Å². The van der Waals surface area contributed by atoms with Crippen molar-refractivity contribution in [1.29, 1.82) is 0 Å². The Morgan fingerprint density at radius 3 is 2.75 bits per heavy atom. The van der Waals surface area contributed by atoms with E-state index >= 15 is 0 Å². The number of nitrogens with two attached hydrogens (primary N) is 1. The summed E-state index contributed by atoms with van der Waals surface area (Å²) in [6.07, 6.45) is 4.10. The first-order chi connectivity index (χ1) is 7.55. The number of nitrogens with zero attached hydrogens (tertiary/aromatic N) is 2. The Bertz CT molecular complexity index is 656. The Balaban J connectivity index is 2.20. The van der Waals surface area contributed by atoms with Gasteiger partial charge in [0.1, 0.15) is 0 Å². The van der Waals surface area contributed by atoms with Crippen molar-refractivity contribution in [3.63, 3.8) is 0 Å². The lowest BCUT2D eigenvalue weighted by Gasteiger charge is -2.01. The fraction of sp³-hybridized carbons (Fsp3) is 0.300. The van der Waals surface area contributed by atoms with Crippen LogP contribution in [0.1, 0.15) is 18.9 Å². The average Bonchev–Trinajstić information content (AvgIpc) is 2.96. The van der Waals surface area contributed by atoms with E-state index in [1.165, 1.54) is 25.0 Å². The molecule has 16 heavy (non-hydrogen) atoms. The van der Waals surface area contributed by atoms with Crippen LogP contribution in [-0.4, -0.2) is 18.0 Å².